The molecule has 1 saturated carbocycles. The Labute approximate surface area is 122 Å². The third-order valence-electron chi connectivity index (χ3n) is 4.57. The van der Waals surface area contributed by atoms with Crippen LogP contribution in [0.1, 0.15) is 19.3 Å². The number of hydrogen-bond donors (Lipinski definition) is 1. The molecule has 0 spiro atoms. The topological polar surface area (TPSA) is 72.4 Å². The van der Waals surface area contributed by atoms with E-state index in [1.54, 1.807) is 12.1 Å². The van der Waals surface area contributed by atoms with E-state index in [0.29, 0.717) is 22.5 Å². The average Bonchev–Trinajstić information content (AvgIpc) is 2.81. The Bertz CT molecular complexity index is 537. The number of halogens is 1. The minimum absolute atomic E-state index is 0.0976. The van der Waals surface area contributed by atoms with Crippen molar-refractivity contribution in [3.63, 3.8) is 0 Å². The van der Waals surface area contributed by atoms with Gasteiger partial charge in [0.2, 0.25) is 0 Å². The minimum Gasteiger partial charge on any atom is -0.365 e. The Morgan fingerprint density at radius 2 is 2.05 bits per heavy atom. The van der Waals surface area contributed by atoms with E-state index >= 15 is 0 Å². The normalized spacial score (nSPS) is 29.3. The molecule has 2 N–H and O–H groups in total. The van der Waals surface area contributed by atoms with Crippen molar-refractivity contribution in [3.05, 3.63) is 33.3 Å². The van der Waals surface area contributed by atoms with Crippen LogP contribution in [0.15, 0.2) is 18.2 Å². The van der Waals surface area contributed by atoms with Crippen molar-refractivity contribution in [2.45, 2.75) is 25.3 Å². The van der Waals surface area contributed by atoms with Gasteiger partial charge in [-0.05, 0) is 43.2 Å². The number of fused-ring (bicyclic) bond motifs is 1. The zero-order chi connectivity index (χ0) is 14.3. The molecule has 1 aliphatic carbocycles. The van der Waals surface area contributed by atoms with Gasteiger partial charge >= 0.3 is 0 Å². The maximum absolute atomic E-state index is 11.2. The van der Waals surface area contributed by atoms with E-state index in [9.17, 15) is 10.1 Å². The van der Waals surface area contributed by atoms with Gasteiger partial charge in [0, 0.05) is 30.2 Å². The van der Waals surface area contributed by atoms with Gasteiger partial charge in [-0.15, -0.1) is 0 Å². The number of nitrogens with two attached hydrogens (primary N) is 1. The van der Waals surface area contributed by atoms with Crippen LogP contribution in [0.3, 0.4) is 0 Å². The van der Waals surface area contributed by atoms with E-state index in [0.717, 1.165) is 32.4 Å². The van der Waals surface area contributed by atoms with Crippen LogP contribution < -0.4 is 10.6 Å². The van der Waals surface area contributed by atoms with Gasteiger partial charge in [0.1, 0.15) is 5.69 Å². The molecule has 20 heavy (non-hydrogen) atoms. The van der Waals surface area contributed by atoms with E-state index in [2.05, 4.69) is 4.90 Å². The van der Waals surface area contributed by atoms with E-state index in [1.807, 2.05) is 0 Å². The second-order valence-electron chi connectivity index (χ2n) is 5.89. The number of anilines is 1. The average molecular weight is 296 g/mol. The highest BCUT2D eigenvalue weighted by atomic mass is 35.5. The third kappa shape index (κ3) is 2.47. The molecular formula is C14H18ClN3O2. The summed E-state index contributed by atoms with van der Waals surface area (Å²) in [5, 5.41) is 11.6. The standard InChI is InChI=1S/C14H18ClN3O2/c15-11-2-4-13(14(6-11)18(19)20)17-7-9-1-3-12(16)5-10(9)8-17/h2,4,6,9-10,12H,1,3,5,7-8,16H2/t9-,10+,12?/m1/s1. The number of rotatable bonds is 2. The van der Waals surface area contributed by atoms with Crippen LogP contribution in [0.2, 0.25) is 5.02 Å². The lowest BCUT2D eigenvalue weighted by Crippen LogP contribution is -2.32. The third-order valence-corrected chi connectivity index (χ3v) is 4.80. The Morgan fingerprint density at radius 1 is 1.30 bits per heavy atom. The predicted octanol–water partition coefficient (Wildman–Crippen LogP) is 2.81. The molecule has 1 aromatic rings. The van der Waals surface area contributed by atoms with E-state index in [4.69, 9.17) is 17.3 Å². The first kappa shape index (κ1) is 13.6. The summed E-state index contributed by atoms with van der Waals surface area (Å²) in [5.41, 5.74) is 6.81. The Kier molecular flexibility index (Phi) is 3.56. The smallest absolute Gasteiger partial charge is 0.294 e. The van der Waals surface area contributed by atoms with Crippen molar-refractivity contribution in [2.75, 3.05) is 18.0 Å². The lowest BCUT2D eigenvalue weighted by molar-refractivity contribution is -0.384. The zero-order valence-corrected chi connectivity index (χ0v) is 11.9. The molecule has 108 valence electrons. The highest BCUT2D eigenvalue weighted by molar-refractivity contribution is 6.30. The molecule has 2 aliphatic rings. The molecule has 1 unspecified atom stereocenters. The molecule has 0 radical (unpaired) electrons. The van der Waals surface area contributed by atoms with E-state index in [-0.39, 0.29) is 16.7 Å². The number of nitrogens with zero attached hydrogens (tertiary/aromatic N) is 2. The van der Waals surface area contributed by atoms with Crippen molar-refractivity contribution < 1.29 is 4.92 Å². The summed E-state index contributed by atoms with van der Waals surface area (Å²) in [7, 11) is 0. The SMILES string of the molecule is NC1CC[C@@H]2CN(c3ccc(Cl)cc3[N+](=O)[O-])C[C@@H]2C1. The summed E-state index contributed by atoms with van der Waals surface area (Å²) < 4.78 is 0. The van der Waals surface area contributed by atoms with Crippen LogP contribution in [0.25, 0.3) is 0 Å². The van der Waals surface area contributed by atoms with Crippen molar-refractivity contribution in [1.29, 1.82) is 0 Å². The number of nitro benzene ring substituents is 1. The van der Waals surface area contributed by atoms with Crippen LogP contribution in [-0.4, -0.2) is 24.1 Å². The van der Waals surface area contributed by atoms with Gasteiger partial charge < -0.3 is 10.6 Å². The minimum atomic E-state index is -0.352. The van der Waals surface area contributed by atoms with Crippen molar-refractivity contribution in [1.82, 2.24) is 0 Å². The Morgan fingerprint density at radius 3 is 2.80 bits per heavy atom. The van der Waals surface area contributed by atoms with Crippen LogP contribution in [0, 0.1) is 22.0 Å². The molecular weight excluding hydrogens is 278 g/mol. The Balaban J connectivity index is 1.86. The predicted molar refractivity (Wildman–Crippen MR) is 79.1 cm³/mol. The maximum atomic E-state index is 11.2. The first-order valence-electron chi connectivity index (χ1n) is 6.99. The summed E-state index contributed by atoms with van der Waals surface area (Å²) in [6, 6.07) is 5.20. The molecule has 0 aromatic heterocycles. The quantitative estimate of drug-likeness (QED) is 0.672. The van der Waals surface area contributed by atoms with Crippen molar-refractivity contribution >= 4 is 23.0 Å². The second kappa shape index (κ2) is 5.22. The highest BCUT2D eigenvalue weighted by Gasteiger charge is 2.38. The first-order valence-corrected chi connectivity index (χ1v) is 7.37. The molecule has 1 aromatic carbocycles. The molecule has 0 bridgehead atoms. The maximum Gasteiger partial charge on any atom is 0.294 e. The van der Waals surface area contributed by atoms with Crippen LogP contribution in [-0.2, 0) is 0 Å². The largest absolute Gasteiger partial charge is 0.365 e. The summed E-state index contributed by atoms with van der Waals surface area (Å²) >= 11 is 5.87. The summed E-state index contributed by atoms with van der Waals surface area (Å²) in [5.74, 6) is 1.18. The zero-order valence-electron chi connectivity index (χ0n) is 11.2. The molecule has 3 rings (SSSR count). The number of hydrogen-bond acceptors (Lipinski definition) is 4. The fourth-order valence-corrected chi connectivity index (χ4v) is 3.74. The molecule has 1 heterocycles. The van der Waals surface area contributed by atoms with Crippen molar-refractivity contribution in [3.8, 4) is 0 Å². The lowest BCUT2D eigenvalue weighted by atomic mass is 9.79. The molecule has 1 saturated heterocycles. The van der Waals surface area contributed by atoms with Gasteiger partial charge in [-0.1, -0.05) is 11.6 Å². The van der Waals surface area contributed by atoms with Gasteiger partial charge in [0.25, 0.3) is 5.69 Å². The monoisotopic (exact) mass is 295 g/mol. The van der Waals surface area contributed by atoms with E-state index < -0.39 is 0 Å². The van der Waals surface area contributed by atoms with E-state index in [1.165, 1.54) is 6.07 Å². The fraction of sp³-hybridized carbons (Fsp3) is 0.571. The first-order chi connectivity index (χ1) is 9.54. The number of benzene rings is 1. The summed E-state index contributed by atoms with van der Waals surface area (Å²) in [6.45, 7) is 1.75. The summed E-state index contributed by atoms with van der Waals surface area (Å²) in [4.78, 5) is 13.0. The van der Waals surface area contributed by atoms with Gasteiger partial charge in [-0.3, -0.25) is 10.1 Å². The second-order valence-corrected chi connectivity index (χ2v) is 6.32. The van der Waals surface area contributed by atoms with Crippen LogP contribution in [0.4, 0.5) is 11.4 Å². The Hall–Kier alpha value is -1.33. The molecule has 6 heteroatoms. The molecule has 0 amide bonds. The van der Waals surface area contributed by atoms with Gasteiger partial charge in [-0.2, -0.15) is 0 Å². The van der Waals surface area contributed by atoms with Crippen LogP contribution in [0.5, 0.6) is 0 Å². The van der Waals surface area contributed by atoms with Gasteiger partial charge in [-0.25, -0.2) is 0 Å². The van der Waals surface area contributed by atoms with Crippen molar-refractivity contribution in [2.24, 2.45) is 17.6 Å². The molecule has 3 atom stereocenters. The molecule has 5 nitrogen and oxygen atoms in total. The molecule has 2 fully saturated rings. The fourth-order valence-electron chi connectivity index (χ4n) is 3.57. The molecule has 1 aliphatic heterocycles. The van der Waals surface area contributed by atoms with Crippen LogP contribution >= 0.6 is 11.6 Å². The van der Waals surface area contributed by atoms with Gasteiger partial charge in [0.15, 0.2) is 0 Å². The highest BCUT2D eigenvalue weighted by Crippen LogP contribution is 2.40. The van der Waals surface area contributed by atoms with Gasteiger partial charge in [0.05, 0.1) is 4.92 Å². The number of nitro groups is 1. The summed E-state index contributed by atoms with van der Waals surface area (Å²) in [6.07, 6.45) is 3.23. The lowest BCUT2D eigenvalue weighted by Gasteiger charge is -2.27.